The Hall–Kier alpha value is -1.82. The van der Waals surface area contributed by atoms with Gasteiger partial charge in [0.05, 0.1) is 16.9 Å². The Bertz CT molecular complexity index is 663. The molecule has 106 valence electrons. The van der Waals surface area contributed by atoms with Crippen LogP contribution in [0.3, 0.4) is 0 Å². The minimum Gasteiger partial charge on any atom is -0.398 e. The molecule has 0 aliphatic carbocycles. The van der Waals surface area contributed by atoms with Crippen molar-refractivity contribution >= 4 is 33.2 Å². The Morgan fingerprint density at radius 3 is 2.85 bits per heavy atom. The number of nitrogens with two attached hydrogens (primary N) is 1. The van der Waals surface area contributed by atoms with E-state index in [1.165, 1.54) is 0 Å². The second-order valence-electron chi connectivity index (χ2n) is 4.66. The van der Waals surface area contributed by atoms with E-state index in [4.69, 9.17) is 5.73 Å². The second kappa shape index (κ2) is 5.66. The molecule has 6 heteroatoms. The number of carbonyl (C=O) groups excluding carboxylic acids is 1. The number of hydrogen-bond acceptors (Lipinski definition) is 3. The van der Waals surface area contributed by atoms with Crippen molar-refractivity contribution in [1.29, 1.82) is 0 Å². The first-order valence-electron chi connectivity index (χ1n) is 6.31. The average Bonchev–Trinajstić information content (AvgIpc) is 2.77. The molecule has 20 heavy (non-hydrogen) atoms. The van der Waals surface area contributed by atoms with E-state index >= 15 is 0 Å². The predicted octanol–water partition coefficient (Wildman–Crippen LogP) is 2.89. The molecule has 0 saturated carbocycles. The first kappa shape index (κ1) is 14.6. The number of nitrogens with zero attached hydrogens (tertiary/aromatic N) is 2. The van der Waals surface area contributed by atoms with Gasteiger partial charge in [0, 0.05) is 23.4 Å². The Morgan fingerprint density at radius 1 is 1.50 bits per heavy atom. The quantitative estimate of drug-likeness (QED) is 0.846. The second-order valence-corrected chi connectivity index (χ2v) is 5.51. The highest BCUT2D eigenvalue weighted by molar-refractivity contribution is 9.10. The number of hydrogen-bond donors (Lipinski definition) is 2. The molecule has 0 atom stereocenters. The van der Waals surface area contributed by atoms with Crippen molar-refractivity contribution in [2.75, 3.05) is 11.1 Å². The van der Waals surface area contributed by atoms with Crippen LogP contribution in [0.5, 0.6) is 0 Å². The number of anilines is 2. The zero-order chi connectivity index (χ0) is 14.9. The van der Waals surface area contributed by atoms with Crippen LogP contribution in [0.4, 0.5) is 11.4 Å². The first-order chi connectivity index (χ1) is 9.42. The van der Waals surface area contributed by atoms with E-state index in [1.54, 1.807) is 24.0 Å². The van der Waals surface area contributed by atoms with E-state index < -0.39 is 0 Å². The molecule has 0 bridgehead atoms. The maximum absolute atomic E-state index is 12.3. The van der Waals surface area contributed by atoms with Crippen molar-refractivity contribution in [3.05, 3.63) is 39.6 Å². The summed E-state index contributed by atoms with van der Waals surface area (Å²) in [5.74, 6) is -0.182. The molecule has 3 N–H and O–H groups in total. The maximum Gasteiger partial charge on any atom is 0.259 e. The van der Waals surface area contributed by atoms with Gasteiger partial charge in [-0.15, -0.1) is 0 Å². The molecule has 2 rings (SSSR count). The lowest BCUT2D eigenvalue weighted by Crippen LogP contribution is -2.14. The molecule has 0 saturated heterocycles. The van der Waals surface area contributed by atoms with Gasteiger partial charge in [0.25, 0.3) is 5.91 Å². The van der Waals surface area contributed by atoms with Gasteiger partial charge in [-0.25, -0.2) is 0 Å². The maximum atomic E-state index is 12.3. The number of aromatic nitrogens is 2. The number of amides is 1. The number of halogens is 1. The van der Waals surface area contributed by atoms with E-state index in [0.29, 0.717) is 23.4 Å². The monoisotopic (exact) mass is 336 g/mol. The largest absolute Gasteiger partial charge is 0.398 e. The highest BCUT2D eigenvalue weighted by Gasteiger charge is 2.16. The van der Waals surface area contributed by atoms with Crippen LogP contribution in [0.15, 0.2) is 22.8 Å². The van der Waals surface area contributed by atoms with Gasteiger partial charge >= 0.3 is 0 Å². The molecular formula is C14H17BrN4O. The molecule has 0 unspecified atom stereocenters. The van der Waals surface area contributed by atoms with Gasteiger partial charge in [0.15, 0.2) is 0 Å². The smallest absolute Gasteiger partial charge is 0.259 e. The highest BCUT2D eigenvalue weighted by Crippen LogP contribution is 2.28. The fourth-order valence-electron chi connectivity index (χ4n) is 1.96. The molecule has 1 aromatic heterocycles. The number of benzene rings is 1. The van der Waals surface area contributed by atoms with Gasteiger partial charge in [0.1, 0.15) is 0 Å². The van der Waals surface area contributed by atoms with Crippen molar-refractivity contribution in [2.45, 2.75) is 20.3 Å². The van der Waals surface area contributed by atoms with Crippen LogP contribution in [-0.4, -0.2) is 15.7 Å². The van der Waals surface area contributed by atoms with Crippen LogP contribution < -0.4 is 11.1 Å². The third kappa shape index (κ3) is 2.85. The summed E-state index contributed by atoms with van der Waals surface area (Å²) < 4.78 is 2.45. The molecule has 0 radical (unpaired) electrons. The van der Waals surface area contributed by atoms with Gasteiger partial charge in [0.2, 0.25) is 0 Å². The Labute approximate surface area is 126 Å². The Morgan fingerprint density at radius 2 is 2.20 bits per heavy atom. The number of carbonyl (C=O) groups is 1. The Kier molecular flexibility index (Phi) is 4.13. The standard InChI is InChI=1S/C14H17BrN4O/c1-4-12-9(7-19(3)18-12)14(20)17-13-6-11(16)8(2)5-10(13)15/h5-7H,4,16H2,1-3H3,(H,17,20). The molecule has 5 nitrogen and oxygen atoms in total. The summed E-state index contributed by atoms with van der Waals surface area (Å²) in [5, 5.41) is 7.13. The van der Waals surface area contributed by atoms with Crippen LogP contribution in [0, 0.1) is 6.92 Å². The van der Waals surface area contributed by atoms with E-state index in [2.05, 4.69) is 26.3 Å². The van der Waals surface area contributed by atoms with E-state index in [9.17, 15) is 4.79 Å². The molecule has 0 aliphatic rings. The van der Waals surface area contributed by atoms with Crippen LogP contribution in [0.1, 0.15) is 28.5 Å². The lowest BCUT2D eigenvalue weighted by molar-refractivity contribution is 0.102. The normalized spacial score (nSPS) is 10.6. The topological polar surface area (TPSA) is 72.9 Å². The van der Waals surface area contributed by atoms with Crippen LogP contribution in [0.25, 0.3) is 0 Å². The number of aryl methyl sites for hydroxylation is 3. The zero-order valence-corrected chi connectivity index (χ0v) is 13.3. The van der Waals surface area contributed by atoms with Gasteiger partial charge in [-0.2, -0.15) is 5.10 Å². The fourth-order valence-corrected chi connectivity index (χ4v) is 2.52. The third-order valence-corrected chi connectivity index (χ3v) is 3.74. The summed E-state index contributed by atoms with van der Waals surface area (Å²) in [4.78, 5) is 12.3. The summed E-state index contributed by atoms with van der Waals surface area (Å²) in [5.41, 5.74) is 9.50. The summed E-state index contributed by atoms with van der Waals surface area (Å²) in [6, 6.07) is 3.63. The number of nitrogens with one attached hydrogen (secondary N) is 1. The lowest BCUT2D eigenvalue weighted by Gasteiger charge is -2.10. The predicted molar refractivity (Wildman–Crippen MR) is 83.8 cm³/mol. The van der Waals surface area contributed by atoms with Gasteiger partial charge in [-0.3, -0.25) is 9.48 Å². The molecule has 0 spiro atoms. The molecule has 1 amide bonds. The molecule has 0 aliphatic heterocycles. The van der Waals surface area contributed by atoms with Gasteiger partial charge in [-0.1, -0.05) is 6.92 Å². The van der Waals surface area contributed by atoms with E-state index in [1.807, 2.05) is 19.9 Å². The summed E-state index contributed by atoms with van der Waals surface area (Å²) in [7, 11) is 1.80. The molecule has 0 fully saturated rings. The summed E-state index contributed by atoms with van der Waals surface area (Å²) >= 11 is 3.43. The highest BCUT2D eigenvalue weighted by atomic mass is 79.9. The lowest BCUT2D eigenvalue weighted by atomic mass is 10.1. The summed E-state index contributed by atoms with van der Waals surface area (Å²) in [6.07, 6.45) is 2.43. The van der Waals surface area contributed by atoms with Crippen molar-refractivity contribution in [3.8, 4) is 0 Å². The zero-order valence-electron chi connectivity index (χ0n) is 11.7. The molecular weight excluding hydrogens is 320 g/mol. The molecule has 1 aromatic carbocycles. The third-order valence-electron chi connectivity index (χ3n) is 3.09. The van der Waals surface area contributed by atoms with Crippen molar-refractivity contribution in [3.63, 3.8) is 0 Å². The van der Waals surface area contributed by atoms with Crippen molar-refractivity contribution in [2.24, 2.45) is 7.05 Å². The van der Waals surface area contributed by atoms with Crippen molar-refractivity contribution < 1.29 is 4.79 Å². The van der Waals surface area contributed by atoms with Gasteiger partial charge in [-0.05, 0) is 47.0 Å². The van der Waals surface area contributed by atoms with Gasteiger partial charge < -0.3 is 11.1 Å². The Balaban J connectivity index is 2.30. The molecule has 1 heterocycles. The minimum atomic E-state index is -0.182. The van der Waals surface area contributed by atoms with E-state index in [-0.39, 0.29) is 5.91 Å². The van der Waals surface area contributed by atoms with Crippen LogP contribution >= 0.6 is 15.9 Å². The summed E-state index contributed by atoms with van der Waals surface area (Å²) in [6.45, 7) is 3.89. The SMILES string of the molecule is CCc1nn(C)cc1C(=O)Nc1cc(N)c(C)cc1Br. The van der Waals surface area contributed by atoms with Crippen LogP contribution in [0.2, 0.25) is 0 Å². The average molecular weight is 337 g/mol. The first-order valence-corrected chi connectivity index (χ1v) is 7.11. The van der Waals surface area contributed by atoms with Crippen molar-refractivity contribution in [1.82, 2.24) is 9.78 Å². The van der Waals surface area contributed by atoms with Crippen LogP contribution in [-0.2, 0) is 13.5 Å². The number of nitrogen functional groups attached to an aromatic ring is 1. The van der Waals surface area contributed by atoms with E-state index in [0.717, 1.165) is 15.7 Å². The minimum absolute atomic E-state index is 0.182. The fraction of sp³-hybridized carbons (Fsp3) is 0.286. The molecule has 2 aromatic rings. The number of rotatable bonds is 3.